The van der Waals surface area contributed by atoms with Gasteiger partial charge < -0.3 is 16.0 Å². The average Bonchev–Trinajstić information content (AvgIpc) is 2.55. The largest absolute Gasteiger partial charge is 0.370 e. The summed E-state index contributed by atoms with van der Waals surface area (Å²) in [6.45, 7) is 3.14. The van der Waals surface area contributed by atoms with Gasteiger partial charge in [-0.3, -0.25) is 9.59 Å². The normalized spacial score (nSPS) is 10.2. The Morgan fingerprint density at radius 2 is 1.83 bits per heavy atom. The highest BCUT2D eigenvalue weighted by atomic mass is 32.1. The van der Waals surface area contributed by atoms with Gasteiger partial charge in [0.15, 0.2) is 5.11 Å². The Balaban J connectivity index is 2.54. The molecular formula is C18H27N3O2S. The van der Waals surface area contributed by atoms with Gasteiger partial charge in [-0.1, -0.05) is 50.1 Å². The molecule has 1 aromatic rings. The monoisotopic (exact) mass is 349 g/mol. The molecule has 0 aliphatic heterocycles. The number of nitrogens with two attached hydrogens (primary N) is 1. The predicted octanol–water partition coefficient (Wildman–Crippen LogP) is 2.39. The predicted molar refractivity (Wildman–Crippen MR) is 100 cm³/mol. The first-order valence-electron chi connectivity index (χ1n) is 8.44. The number of hydrogen-bond acceptors (Lipinski definition) is 3. The molecule has 0 aromatic heterocycles. The zero-order chi connectivity index (χ0) is 17.8. The van der Waals surface area contributed by atoms with Crippen LogP contribution >= 0.6 is 12.2 Å². The SMILES string of the molecule is CCCCCC(=O)NC(=S)N(CCC(N)=O)CCc1ccccc1. The van der Waals surface area contributed by atoms with Crippen molar-refractivity contribution < 1.29 is 9.59 Å². The third kappa shape index (κ3) is 8.62. The highest BCUT2D eigenvalue weighted by Crippen LogP contribution is 2.04. The fourth-order valence-corrected chi connectivity index (χ4v) is 2.56. The molecule has 6 heteroatoms. The molecule has 5 nitrogen and oxygen atoms in total. The van der Waals surface area contributed by atoms with E-state index in [1.165, 1.54) is 5.56 Å². The molecule has 3 N–H and O–H groups in total. The van der Waals surface area contributed by atoms with Crippen LogP contribution in [0.5, 0.6) is 0 Å². The number of nitrogens with zero attached hydrogens (tertiary/aromatic N) is 1. The number of nitrogens with one attached hydrogen (secondary N) is 1. The van der Waals surface area contributed by atoms with Gasteiger partial charge in [-0.25, -0.2) is 0 Å². The zero-order valence-corrected chi connectivity index (χ0v) is 15.1. The molecule has 1 aromatic carbocycles. The molecule has 0 saturated carbocycles. The number of primary amides is 1. The smallest absolute Gasteiger partial charge is 0.226 e. The molecule has 0 aliphatic carbocycles. The second-order valence-electron chi connectivity index (χ2n) is 5.75. The molecule has 0 radical (unpaired) electrons. The van der Waals surface area contributed by atoms with Crippen LogP contribution in [0.2, 0.25) is 0 Å². The van der Waals surface area contributed by atoms with Gasteiger partial charge in [-0.2, -0.15) is 0 Å². The maximum Gasteiger partial charge on any atom is 0.226 e. The molecule has 0 saturated heterocycles. The molecule has 0 heterocycles. The van der Waals surface area contributed by atoms with Gasteiger partial charge in [0.25, 0.3) is 0 Å². The molecular weight excluding hydrogens is 322 g/mol. The number of thiocarbonyl (C=S) groups is 1. The Morgan fingerprint density at radius 1 is 1.12 bits per heavy atom. The van der Waals surface area contributed by atoms with Crippen molar-refractivity contribution in [2.75, 3.05) is 13.1 Å². The Kier molecular flexibility index (Phi) is 9.68. The van der Waals surface area contributed by atoms with Crippen LogP contribution in [0.1, 0.15) is 44.6 Å². The third-order valence-electron chi connectivity index (χ3n) is 3.68. The Bertz CT molecular complexity index is 534. The second-order valence-corrected chi connectivity index (χ2v) is 6.14. The van der Waals surface area contributed by atoms with E-state index in [4.69, 9.17) is 18.0 Å². The van der Waals surface area contributed by atoms with Gasteiger partial charge in [-0.15, -0.1) is 0 Å². The standard InChI is InChI=1S/C18H27N3O2S/c1-2-3-5-10-17(23)20-18(24)21(14-12-16(19)22)13-11-15-8-6-4-7-9-15/h4,6-9H,2-3,5,10-14H2,1H3,(H2,19,22)(H,20,23,24). The molecule has 0 bridgehead atoms. The maximum atomic E-state index is 11.9. The van der Waals surface area contributed by atoms with Crippen LogP contribution in [0.3, 0.4) is 0 Å². The van der Waals surface area contributed by atoms with Gasteiger partial charge in [0.1, 0.15) is 0 Å². The minimum absolute atomic E-state index is 0.0720. The minimum atomic E-state index is -0.378. The van der Waals surface area contributed by atoms with E-state index in [1.54, 1.807) is 0 Å². The number of hydrogen-bond donors (Lipinski definition) is 2. The molecule has 24 heavy (non-hydrogen) atoms. The van der Waals surface area contributed by atoms with Crippen molar-refractivity contribution in [3.8, 4) is 0 Å². The number of amides is 2. The van der Waals surface area contributed by atoms with Crippen molar-refractivity contribution in [3.63, 3.8) is 0 Å². The van der Waals surface area contributed by atoms with Gasteiger partial charge in [-0.05, 0) is 30.6 Å². The first kappa shape index (κ1) is 20.1. The quantitative estimate of drug-likeness (QED) is 0.502. The van der Waals surface area contributed by atoms with Crippen LogP contribution in [-0.2, 0) is 16.0 Å². The summed E-state index contributed by atoms with van der Waals surface area (Å²) in [7, 11) is 0. The van der Waals surface area contributed by atoms with Crippen molar-refractivity contribution in [3.05, 3.63) is 35.9 Å². The van der Waals surface area contributed by atoms with Crippen LogP contribution in [0, 0.1) is 0 Å². The molecule has 0 unspecified atom stereocenters. The molecule has 132 valence electrons. The van der Waals surface area contributed by atoms with Gasteiger partial charge in [0, 0.05) is 25.9 Å². The Labute approximate surface area is 149 Å². The second kappa shape index (κ2) is 11.6. The molecule has 0 aliphatic rings. The van der Waals surface area contributed by atoms with Crippen molar-refractivity contribution in [2.24, 2.45) is 5.73 Å². The van der Waals surface area contributed by atoms with E-state index >= 15 is 0 Å². The summed E-state index contributed by atoms with van der Waals surface area (Å²) in [5.41, 5.74) is 6.41. The lowest BCUT2D eigenvalue weighted by Crippen LogP contribution is -2.44. The summed E-state index contributed by atoms with van der Waals surface area (Å²) in [4.78, 5) is 24.8. The maximum absolute atomic E-state index is 11.9. The summed E-state index contributed by atoms with van der Waals surface area (Å²) in [5, 5.41) is 3.13. The molecule has 0 spiro atoms. The lowest BCUT2D eigenvalue weighted by molar-refractivity contribution is -0.120. The van der Waals surface area contributed by atoms with E-state index in [9.17, 15) is 9.59 Å². The third-order valence-corrected chi connectivity index (χ3v) is 4.04. The number of benzene rings is 1. The number of carbonyl (C=O) groups is 2. The summed E-state index contributed by atoms with van der Waals surface area (Å²) in [6.07, 6.45) is 4.41. The molecule has 0 atom stereocenters. The van der Waals surface area contributed by atoms with Crippen molar-refractivity contribution >= 4 is 29.1 Å². The van der Waals surface area contributed by atoms with Crippen LogP contribution in [-0.4, -0.2) is 34.9 Å². The van der Waals surface area contributed by atoms with E-state index < -0.39 is 0 Å². The highest BCUT2D eigenvalue weighted by molar-refractivity contribution is 7.80. The van der Waals surface area contributed by atoms with Crippen molar-refractivity contribution in [1.82, 2.24) is 10.2 Å². The van der Waals surface area contributed by atoms with Crippen LogP contribution in [0.25, 0.3) is 0 Å². The number of carbonyl (C=O) groups excluding carboxylic acids is 2. The van der Waals surface area contributed by atoms with Crippen LogP contribution in [0.4, 0.5) is 0 Å². The molecule has 1 rings (SSSR count). The van der Waals surface area contributed by atoms with Gasteiger partial charge in [0.05, 0.1) is 0 Å². The summed E-state index contributed by atoms with van der Waals surface area (Å²) in [6, 6.07) is 10.0. The summed E-state index contributed by atoms with van der Waals surface area (Å²) in [5.74, 6) is -0.450. The Hall–Kier alpha value is -1.95. The van der Waals surface area contributed by atoms with Crippen LogP contribution in [0.15, 0.2) is 30.3 Å². The fourth-order valence-electron chi connectivity index (χ4n) is 2.27. The van der Waals surface area contributed by atoms with Gasteiger partial charge >= 0.3 is 0 Å². The Morgan fingerprint density at radius 3 is 2.46 bits per heavy atom. The minimum Gasteiger partial charge on any atom is -0.370 e. The number of unbranched alkanes of at least 4 members (excludes halogenated alkanes) is 2. The zero-order valence-electron chi connectivity index (χ0n) is 14.3. The van der Waals surface area contributed by atoms with E-state index in [2.05, 4.69) is 12.2 Å². The van der Waals surface area contributed by atoms with Crippen molar-refractivity contribution in [1.29, 1.82) is 0 Å². The van der Waals surface area contributed by atoms with Crippen LogP contribution < -0.4 is 11.1 Å². The van der Waals surface area contributed by atoms with E-state index in [0.717, 1.165) is 25.7 Å². The summed E-state index contributed by atoms with van der Waals surface area (Å²) < 4.78 is 0. The lowest BCUT2D eigenvalue weighted by Gasteiger charge is -2.25. The highest BCUT2D eigenvalue weighted by Gasteiger charge is 2.13. The van der Waals surface area contributed by atoms with E-state index in [0.29, 0.717) is 24.6 Å². The number of rotatable bonds is 10. The summed E-state index contributed by atoms with van der Waals surface area (Å²) >= 11 is 5.34. The first-order valence-corrected chi connectivity index (χ1v) is 8.84. The topological polar surface area (TPSA) is 75.4 Å². The fraction of sp³-hybridized carbons (Fsp3) is 0.500. The average molecular weight is 350 g/mol. The van der Waals surface area contributed by atoms with Crippen molar-refractivity contribution in [2.45, 2.75) is 45.4 Å². The molecule has 2 amide bonds. The van der Waals surface area contributed by atoms with E-state index in [-0.39, 0.29) is 18.2 Å². The lowest BCUT2D eigenvalue weighted by atomic mass is 10.1. The van der Waals surface area contributed by atoms with Gasteiger partial charge in [0.2, 0.25) is 11.8 Å². The van der Waals surface area contributed by atoms with E-state index in [1.807, 2.05) is 35.2 Å². The first-order chi connectivity index (χ1) is 11.5. The molecule has 0 fully saturated rings.